The second kappa shape index (κ2) is 6.83. The van der Waals surface area contributed by atoms with Crippen molar-refractivity contribution in [1.29, 1.82) is 0 Å². The molecule has 0 aliphatic carbocycles. The van der Waals surface area contributed by atoms with Crippen LogP contribution < -0.4 is 10.6 Å². The highest BCUT2D eigenvalue weighted by molar-refractivity contribution is 7.13. The number of nitrogens with one attached hydrogen (secondary N) is 2. The van der Waals surface area contributed by atoms with Crippen LogP contribution >= 0.6 is 11.3 Å². The van der Waals surface area contributed by atoms with Crippen molar-refractivity contribution in [3.05, 3.63) is 40.9 Å². The van der Waals surface area contributed by atoms with Crippen molar-refractivity contribution in [1.82, 2.24) is 15.6 Å². The molecule has 132 valence electrons. The third kappa shape index (κ3) is 3.98. The predicted molar refractivity (Wildman–Crippen MR) is 86.0 cm³/mol. The molecule has 0 radical (unpaired) electrons. The fraction of sp³-hybridized carbons (Fsp3) is 0.312. The summed E-state index contributed by atoms with van der Waals surface area (Å²) in [5.74, 6) is -0.700. The number of alkyl halides is 3. The maximum Gasteiger partial charge on any atom is 0.416 e. The summed E-state index contributed by atoms with van der Waals surface area (Å²) in [5, 5.41) is 7.25. The first-order valence-electron chi connectivity index (χ1n) is 7.56. The van der Waals surface area contributed by atoms with Crippen molar-refractivity contribution in [3.8, 4) is 10.6 Å². The van der Waals surface area contributed by atoms with Gasteiger partial charge in [-0.2, -0.15) is 13.2 Å². The van der Waals surface area contributed by atoms with Crippen LogP contribution in [0.5, 0.6) is 0 Å². The van der Waals surface area contributed by atoms with Crippen molar-refractivity contribution in [2.24, 2.45) is 0 Å². The van der Waals surface area contributed by atoms with Crippen LogP contribution in [0.3, 0.4) is 0 Å². The Labute approximate surface area is 145 Å². The van der Waals surface area contributed by atoms with Gasteiger partial charge in [-0.15, -0.1) is 11.3 Å². The third-order valence-electron chi connectivity index (χ3n) is 3.79. The molecular weight excluding hydrogens is 355 g/mol. The van der Waals surface area contributed by atoms with Gasteiger partial charge in [0.2, 0.25) is 5.91 Å². The molecule has 2 aromatic rings. The molecule has 3 rings (SSSR count). The van der Waals surface area contributed by atoms with Crippen LogP contribution in [0.2, 0.25) is 0 Å². The van der Waals surface area contributed by atoms with Gasteiger partial charge in [-0.3, -0.25) is 9.59 Å². The average molecular weight is 369 g/mol. The number of aromatic nitrogens is 1. The molecule has 1 aliphatic rings. The maximum atomic E-state index is 12.6. The number of carbonyl (C=O) groups excluding carboxylic acids is 2. The molecule has 0 spiro atoms. The summed E-state index contributed by atoms with van der Waals surface area (Å²) >= 11 is 1.15. The van der Waals surface area contributed by atoms with E-state index >= 15 is 0 Å². The van der Waals surface area contributed by atoms with Crippen LogP contribution in [0.4, 0.5) is 13.2 Å². The summed E-state index contributed by atoms with van der Waals surface area (Å²) in [4.78, 5) is 28.0. The summed E-state index contributed by atoms with van der Waals surface area (Å²) in [7, 11) is 0. The third-order valence-corrected chi connectivity index (χ3v) is 4.68. The number of nitrogens with zero attached hydrogens (tertiary/aromatic N) is 1. The first-order chi connectivity index (χ1) is 11.8. The monoisotopic (exact) mass is 369 g/mol. The van der Waals surface area contributed by atoms with Crippen molar-refractivity contribution in [2.45, 2.75) is 25.1 Å². The lowest BCUT2D eigenvalue weighted by molar-refractivity contribution is -0.137. The van der Waals surface area contributed by atoms with E-state index in [1.54, 1.807) is 0 Å². The van der Waals surface area contributed by atoms with Crippen molar-refractivity contribution in [3.63, 3.8) is 0 Å². The minimum Gasteiger partial charge on any atom is -0.354 e. The van der Waals surface area contributed by atoms with E-state index in [2.05, 4.69) is 15.6 Å². The van der Waals surface area contributed by atoms with Crippen molar-refractivity contribution >= 4 is 23.2 Å². The number of hydrogen-bond acceptors (Lipinski definition) is 4. The quantitative estimate of drug-likeness (QED) is 0.874. The minimum absolute atomic E-state index is 0.137. The van der Waals surface area contributed by atoms with E-state index in [9.17, 15) is 22.8 Å². The van der Waals surface area contributed by atoms with Gasteiger partial charge in [0.25, 0.3) is 5.91 Å². The zero-order valence-corrected chi connectivity index (χ0v) is 13.7. The Bertz CT molecular complexity index is 787. The molecule has 2 heterocycles. The normalized spacial score (nSPS) is 17.9. The Morgan fingerprint density at radius 1 is 1.28 bits per heavy atom. The number of carbonyl (C=O) groups is 2. The Morgan fingerprint density at radius 2 is 2.00 bits per heavy atom. The van der Waals surface area contributed by atoms with Gasteiger partial charge in [-0.05, 0) is 25.0 Å². The highest BCUT2D eigenvalue weighted by atomic mass is 32.1. The fourth-order valence-corrected chi connectivity index (χ4v) is 3.26. The Hall–Kier alpha value is -2.42. The molecule has 1 atom stereocenters. The van der Waals surface area contributed by atoms with Gasteiger partial charge in [0.05, 0.1) is 5.56 Å². The molecule has 2 N–H and O–H groups in total. The van der Waals surface area contributed by atoms with Gasteiger partial charge in [0, 0.05) is 17.5 Å². The first-order valence-corrected chi connectivity index (χ1v) is 8.44. The molecule has 0 bridgehead atoms. The van der Waals surface area contributed by atoms with Gasteiger partial charge in [-0.25, -0.2) is 4.98 Å². The lowest BCUT2D eigenvalue weighted by Gasteiger charge is -2.22. The second-order valence-corrected chi connectivity index (χ2v) is 6.43. The van der Waals surface area contributed by atoms with Crippen LogP contribution in [-0.4, -0.2) is 29.4 Å². The summed E-state index contributed by atoms with van der Waals surface area (Å²) in [6.07, 6.45) is -3.05. The van der Waals surface area contributed by atoms with Gasteiger partial charge < -0.3 is 10.6 Å². The topological polar surface area (TPSA) is 71.1 Å². The predicted octanol–water partition coefficient (Wildman–Crippen LogP) is 2.84. The van der Waals surface area contributed by atoms with E-state index in [1.165, 1.54) is 17.5 Å². The molecule has 0 unspecified atom stereocenters. The van der Waals surface area contributed by atoms with Crippen LogP contribution in [0.25, 0.3) is 10.6 Å². The van der Waals surface area contributed by atoms with Gasteiger partial charge in [0.1, 0.15) is 16.7 Å². The molecule has 1 aliphatic heterocycles. The number of halogens is 3. The average Bonchev–Trinajstić information content (AvgIpc) is 3.06. The number of thiazole rings is 1. The molecule has 1 fully saturated rings. The maximum absolute atomic E-state index is 12.6. The highest BCUT2D eigenvalue weighted by Gasteiger charge is 2.30. The summed E-state index contributed by atoms with van der Waals surface area (Å²) < 4.78 is 37.8. The molecule has 9 heteroatoms. The van der Waals surface area contributed by atoms with Crippen LogP contribution in [-0.2, 0) is 11.0 Å². The van der Waals surface area contributed by atoms with E-state index in [4.69, 9.17) is 0 Å². The van der Waals surface area contributed by atoms with Crippen LogP contribution in [0.15, 0.2) is 29.6 Å². The first kappa shape index (κ1) is 17.4. The summed E-state index contributed by atoms with van der Waals surface area (Å²) in [6.45, 7) is 0.597. The van der Waals surface area contributed by atoms with Gasteiger partial charge >= 0.3 is 6.18 Å². The zero-order valence-electron chi connectivity index (χ0n) is 12.9. The smallest absolute Gasteiger partial charge is 0.354 e. The highest BCUT2D eigenvalue weighted by Crippen LogP contribution is 2.31. The van der Waals surface area contributed by atoms with E-state index in [1.807, 2.05) is 0 Å². The molecule has 25 heavy (non-hydrogen) atoms. The lowest BCUT2D eigenvalue weighted by Crippen LogP contribution is -2.50. The van der Waals surface area contributed by atoms with E-state index in [0.717, 1.165) is 29.9 Å². The standard InChI is InChI=1S/C16H14F3N3O2S/c17-16(18,19)10-5-3-9(4-6-10)15-22-12(8-25-15)14(24)21-11-2-1-7-20-13(11)23/h3-6,8,11H,1-2,7H2,(H,20,23)(H,21,24)/t11-/m0/s1. The largest absolute Gasteiger partial charge is 0.416 e. The number of rotatable bonds is 3. The van der Waals surface area contributed by atoms with E-state index in [-0.39, 0.29) is 11.6 Å². The van der Waals surface area contributed by atoms with Crippen molar-refractivity contribution in [2.75, 3.05) is 6.54 Å². The molecule has 1 aromatic heterocycles. The number of piperidine rings is 1. The number of hydrogen-bond donors (Lipinski definition) is 2. The number of benzene rings is 1. The SMILES string of the molecule is O=C(N[C@H]1CCCNC1=O)c1csc(-c2ccc(C(F)(F)F)cc2)n1. The summed E-state index contributed by atoms with van der Waals surface area (Å²) in [6, 6.07) is 4.00. The second-order valence-electron chi connectivity index (χ2n) is 5.57. The fourth-order valence-electron chi connectivity index (χ4n) is 2.45. The molecule has 1 aromatic carbocycles. The van der Waals surface area contributed by atoms with Gasteiger partial charge in [-0.1, -0.05) is 12.1 Å². The lowest BCUT2D eigenvalue weighted by atomic mass is 10.1. The molecule has 5 nitrogen and oxygen atoms in total. The Morgan fingerprint density at radius 3 is 2.64 bits per heavy atom. The number of amides is 2. The van der Waals surface area contributed by atoms with Gasteiger partial charge in [0.15, 0.2) is 0 Å². The molecule has 1 saturated heterocycles. The molecule has 0 saturated carbocycles. The van der Waals surface area contributed by atoms with Crippen molar-refractivity contribution < 1.29 is 22.8 Å². The Kier molecular flexibility index (Phi) is 4.76. The molecular formula is C16H14F3N3O2S. The van der Waals surface area contributed by atoms with E-state index < -0.39 is 23.7 Å². The van der Waals surface area contributed by atoms with Crippen LogP contribution in [0, 0.1) is 0 Å². The Balaban J connectivity index is 1.71. The molecule has 2 amide bonds. The minimum atomic E-state index is -4.40. The zero-order chi connectivity index (χ0) is 18.0. The summed E-state index contributed by atoms with van der Waals surface area (Å²) in [5.41, 5.74) is -0.111. The van der Waals surface area contributed by atoms with Crippen LogP contribution in [0.1, 0.15) is 28.9 Å². The van der Waals surface area contributed by atoms with E-state index in [0.29, 0.717) is 23.5 Å².